The molecule has 0 saturated carbocycles. The molecule has 2 fully saturated rings. The van der Waals surface area contributed by atoms with Crippen molar-refractivity contribution in [3.63, 3.8) is 0 Å². The second-order valence-corrected chi connectivity index (χ2v) is 9.44. The van der Waals surface area contributed by atoms with Gasteiger partial charge < -0.3 is 25.1 Å². The normalized spacial score (nSPS) is 32.5. The first-order chi connectivity index (χ1) is 15.6. The predicted molar refractivity (Wildman–Crippen MR) is 111 cm³/mol. The zero-order valence-corrected chi connectivity index (χ0v) is 19.4. The van der Waals surface area contributed by atoms with Crippen molar-refractivity contribution < 1.29 is 42.2 Å². The number of phosphoric acid groups is 1. The molecule has 14 nitrogen and oxygen atoms in total. The van der Waals surface area contributed by atoms with Crippen LogP contribution in [-0.4, -0.2) is 74.8 Å². The van der Waals surface area contributed by atoms with Gasteiger partial charge in [-0.1, -0.05) is 0 Å². The number of aromatic nitrogens is 4. The summed E-state index contributed by atoms with van der Waals surface area (Å²) in [6, 6.07) is 0. The Morgan fingerprint density at radius 2 is 2.24 bits per heavy atom. The molecule has 2 saturated heterocycles. The molecular formula is C18H26N5O9P. The lowest BCUT2D eigenvalue weighted by atomic mass is 9.96. The maximum atomic E-state index is 13.1. The average Bonchev–Trinajstić information content (AvgIpc) is 3.25. The first-order valence-corrected chi connectivity index (χ1v) is 11.7. The molecule has 4 heterocycles. The van der Waals surface area contributed by atoms with Gasteiger partial charge in [0.1, 0.15) is 17.8 Å². The van der Waals surface area contributed by atoms with Crippen molar-refractivity contribution in [3.8, 4) is 5.88 Å². The smallest absolute Gasteiger partial charge is 0.475 e. The average molecular weight is 487 g/mol. The maximum Gasteiger partial charge on any atom is 0.475 e. The van der Waals surface area contributed by atoms with Crippen LogP contribution in [-0.2, 0) is 32.4 Å². The lowest BCUT2D eigenvalue weighted by Gasteiger charge is -2.35. The zero-order chi connectivity index (χ0) is 24.0. The van der Waals surface area contributed by atoms with Crippen LogP contribution in [0, 0.1) is 0 Å². The molecule has 2 aliphatic heterocycles. The Labute approximate surface area is 188 Å². The van der Waals surface area contributed by atoms with E-state index in [0.717, 1.165) is 0 Å². The van der Waals surface area contributed by atoms with Crippen LogP contribution in [0.4, 0.5) is 5.95 Å². The van der Waals surface area contributed by atoms with Crippen LogP contribution >= 0.6 is 7.82 Å². The first-order valence-electron chi connectivity index (χ1n) is 10.3. The number of anilines is 1. The number of aliphatic hydroxyl groups is 1. The Kier molecular flexibility index (Phi) is 6.33. The number of methoxy groups -OCH3 is 1. The molecule has 0 radical (unpaired) electrons. The fourth-order valence-corrected chi connectivity index (χ4v) is 5.51. The molecular weight excluding hydrogens is 461 g/mol. The summed E-state index contributed by atoms with van der Waals surface area (Å²) in [5, 5.41) is 11.3. The second-order valence-electron chi connectivity index (χ2n) is 7.86. The number of ether oxygens (including phenoxy) is 3. The largest absolute Gasteiger partial charge is 0.479 e. The number of hydrogen-bond donors (Lipinski definition) is 2. The van der Waals surface area contributed by atoms with Crippen molar-refractivity contribution in [2.45, 2.75) is 57.3 Å². The number of fused-ring (bicyclic) bond motifs is 2. The molecule has 2 aromatic rings. The molecule has 182 valence electrons. The van der Waals surface area contributed by atoms with Gasteiger partial charge in [-0.05, 0) is 20.8 Å². The van der Waals surface area contributed by atoms with E-state index in [0.29, 0.717) is 5.52 Å². The second kappa shape index (κ2) is 8.78. The van der Waals surface area contributed by atoms with Gasteiger partial charge in [0.15, 0.2) is 17.4 Å². The molecule has 6 atom stereocenters. The van der Waals surface area contributed by atoms with E-state index < -0.39 is 43.9 Å². The van der Waals surface area contributed by atoms with Gasteiger partial charge in [0.25, 0.3) is 0 Å². The number of hydrogen-bond acceptors (Lipinski definition) is 13. The highest BCUT2D eigenvalue weighted by Crippen LogP contribution is 2.59. The molecule has 0 spiro atoms. The van der Waals surface area contributed by atoms with E-state index in [1.807, 2.05) is 0 Å². The summed E-state index contributed by atoms with van der Waals surface area (Å²) in [6.07, 6.45) is -2.43. The van der Waals surface area contributed by atoms with Gasteiger partial charge in [-0.25, -0.2) is 9.55 Å². The van der Waals surface area contributed by atoms with Gasteiger partial charge in [0.2, 0.25) is 11.8 Å². The summed E-state index contributed by atoms with van der Waals surface area (Å²) < 4.78 is 46.9. The number of esters is 1. The third-order valence-corrected chi connectivity index (χ3v) is 6.85. The van der Waals surface area contributed by atoms with E-state index >= 15 is 0 Å². The summed E-state index contributed by atoms with van der Waals surface area (Å²) >= 11 is 0. The highest BCUT2D eigenvalue weighted by Gasteiger charge is 2.60. The third-order valence-electron chi connectivity index (χ3n) is 5.28. The predicted octanol–water partition coefficient (Wildman–Crippen LogP) is 0.947. The van der Waals surface area contributed by atoms with Crippen LogP contribution in [0.15, 0.2) is 6.33 Å². The quantitative estimate of drug-likeness (QED) is 0.417. The van der Waals surface area contributed by atoms with Crippen molar-refractivity contribution in [1.29, 1.82) is 0 Å². The van der Waals surface area contributed by atoms with Gasteiger partial charge in [0.05, 0.1) is 39.2 Å². The topological polar surface area (TPSA) is 179 Å². The van der Waals surface area contributed by atoms with E-state index in [2.05, 4.69) is 15.0 Å². The van der Waals surface area contributed by atoms with Crippen LogP contribution in [0.3, 0.4) is 0 Å². The zero-order valence-electron chi connectivity index (χ0n) is 18.5. The lowest BCUT2D eigenvalue weighted by molar-refractivity contribution is -0.145. The number of carbonyl (C=O) groups excluding carboxylic acids is 1. The summed E-state index contributed by atoms with van der Waals surface area (Å²) in [6.45, 7) is 4.72. The standard InChI is InChI=1S/C18H26N5O9P/c1-5-28-11(24)6-9(2)31-33(26)29-7-10-13(32-33)18(3,25)16(30-10)23-8-20-12-14(23)21-17(19)22-15(12)27-4/h8-10,13,16,25H,5-7H2,1-4H3,(H2,19,21,22)/t9-,10+,13+,16+,18+,33?/m0/s1. The van der Waals surface area contributed by atoms with Crippen LogP contribution in [0.25, 0.3) is 11.2 Å². The van der Waals surface area contributed by atoms with Crippen molar-refractivity contribution in [2.24, 2.45) is 0 Å². The van der Waals surface area contributed by atoms with Crippen molar-refractivity contribution in [3.05, 3.63) is 6.33 Å². The van der Waals surface area contributed by atoms with Crippen LogP contribution < -0.4 is 10.5 Å². The molecule has 3 N–H and O–H groups in total. The van der Waals surface area contributed by atoms with Gasteiger partial charge in [0, 0.05) is 0 Å². The minimum Gasteiger partial charge on any atom is -0.479 e. The Bertz CT molecular complexity index is 1090. The number of nitrogens with two attached hydrogens (primary N) is 1. The summed E-state index contributed by atoms with van der Waals surface area (Å²) in [7, 11) is -2.69. The minimum absolute atomic E-state index is 0.0516. The molecule has 4 rings (SSSR count). The summed E-state index contributed by atoms with van der Waals surface area (Å²) in [4.78, 5) is 24.1. The molecule has 0 aliphatic carbocycles. The van der Waals surface area contributed by atoms with Crippen molar-refractivity contribution in [2.75, 3.05) is 26.1 Å². The Morgan fingerprint density at radius 1 is 1.48 bits per heavy atom. The highest BCUT2D eigenvalue weighted by molar-refractivity contribution is 7.48. The maximum absolute atomic E-state index is 13.1. The Morgan fingerprint density at radius 3 is 2.94 bits per heavy atom. The third kappa shape index (κ3) is 4.42. The van der Waals surface area contributed by atoms with E-state index in [9.17, 15) is 14.5 Å². The van der Waals surface area contributed by atoms with E-state index in [1.165, 1.54) is 31.9 Å². The van der Waals surface area contributed by atoms with E-state index in [1.54, 1.807) is 6.92 Å². The van der Waals surface area contributed by atoms with Gasteiger partial charge in [-0.15, -0.1) is 0 Å². The van der Waals surface area contributed by atoms with Crippen LogP contribution in [0.2, 0.25) is 0 Å². The number of imidazole rings is 1. The molecule has 2 aliphatic rings. The highest BCUT2D eigenvalue weighted by atomic mass is 31.2. The SMILES string of the molecule is CCOC(=O)C[C@H](C)OP1(=O)OC[C@H]2O[C@@H](n3cnc4c(OC)nc(N)nc43)[C@](C)(O)[C@@H]2O1. The molecule has 0 aromatic carbocycles. The monoisotopic (exact) mass is 487 g/mol. The number of nitrogens with zero attached hydrogens (tertiary/aromatic N) is 4. The van der Waals surface area contributed by atoms with Gasteiger partial charge in [-0.2, -0.15) is 9.97 Å². The van der Waals surface area contributed by atoms with Crippen molar-refractivity contribution >= 4 is 30.9 Å². The minimum atomic E-state index is -4.10. The van der Waals surface area contributed by atoms with Crippen LogP contribution in [0.1, 0.15) is 33.4 Å². The first kappa shape index (κ1) is 23.8. The van der Waals surface area contributed by atoms with E-state index in [4.69, 9.17) is 33.5 Å². The van der Waals surface area contributed by atoms with Gasteiger partial charge in [-0.3, -0.25) is 22.9 Å². The summed E-state index contributed by atoms with van der Waals surface area (Å²) in [5.41, 5.74) is 4.66. The molecule has 0 bridgehead atoms. The number of phosphoric ester groups is 1. The van der Waals surface area contributed by atoms with Crippen molar-refractivity contribution in [1.82, 2.24) is 19.5 Å². The Hall–Kier alpha value is -2.35. The number of nitrogen functional groups attached to an aromatic ring is 1. The molecule has 15 heteroatoms. The fourth-order valence-electron chi connectivity index (χ4n) is 3.86. The van der Waals surface area contributed by atoms with E-state index in [-0.39, 0.29) is 37.1 Å². The van der Waals surface area contributed by atoms with Gasteiger partial charge >= 0.3 is 13.8 Å². The molecule has 1 unspecified atom stereocenters. The van der Waals surface area contributed by atoms with Crippen LogP contribution in [0.5, 0.6) is 5.88 Å². The molecule has 0 amide bonds. The lowest BCUT2D eigenvalue weighted by Crippen LogP contribution is -2.47. The molecule has 2 aromatic heterocycles. The number of rotatable bonds is 7. The fraction of sp³-hybridized carbons (Fsp3) is 0.667. The Balaban J connectivity index is 1.56. The summed E-state index contributed by atoms with van der Waals surface area (Å²) in [5.74, 6) is -0.393. The number of carbonyl (C=O) groups is 1. The molecule has 33 heavy (non-hydrogen) atoms.